The van der Waals surface area contributed by atoms with Gasteiger partial charge in [0.25, 0.3) is 5.91 Å². The number of allylic oxidation sites excluding steroid dienone is 1. The number of nitrogens with one attached hydrogen (secondary N) is 2. The van der Waals surface area contributed by atoms with Crippen LogP contribution in [0.25, 0.3) is 5.57 Å². The molecule has 1 aromatic rings. The molecule has 1 saturated carbocycles. The fourth-order valence-electron chi connectivity index (χ4n) is 3.15. The molecule has 1 fully saturated rings. The molecule has 0 aromatic heterocycles. The Morgan fingerprint density at radius 3 is 2.81 bits per heavy atom. The zero-order chi connectivity index (χ0) is 18.8. The zero-order valence-electron chi connectivity index (χ0n) is 15.1. The molecule has 4 N–H and O–H groups in total. The van der Waals surface area contributed by atoms with E-state index < -0.39 is 12.3 Å². The largest absolute Gasteiger partial charge is 0.451 e. The Kier molecular flexibility index (Phi) is 5.15. The topological polar surface area (TPSA) is 91.4 Å². The van der Waals surface area contributed by atoms with E-state index in [2.05, 4.69) is 17.1 Å². The normalized spacial score (nSPS) is 21.0. The van der Waals surface area contributed by atoms with Gasteiger partial charge < -0.3 is 26.1 Å². The number of nitrogens with two attached hydrogens (primary N) is 1. The molecule has 0 radical (unpaired) electrons. The van der Waals surface area contributed by atoms with E-state index >= 15 is 0 Å². The van der Waals surface area contributed by atoms with E-state index in [1.165, 1.54) is 6.21 Å². The summed E-state index contributed by atoms with van der Waals surface area (Å²) in [5.74, 6) is -0.873. The van der Waals surface area contributed by atoms with Gasteiger partial charge in [-0.15, -0.1) is 0 Å². The predicted molar refractivity (Wildman–Crippen MR) is 100 cm³/mol. The number of carbonyl (C=O) groups is 1. The smallest absolute Gasteiger partial charge is 0.316 e. The third-order valence-corrected chi connectivity index (χ3v) is 5.05. The summed E-state index contributed by atoms with van der Waals surface area (Å²) < 4.78 is 19.4. The van der Waals surface area contributed by atoms with Crippen LogP contribution in [-0.2, 0) is 11.2 Å². The van der Waals surface area contributed by atoms with Crippen molar-refractivity contribution < 1.29 is 13.9 Å². The molecule has 7 heteroatoms. The summed E-state index contributed by atoms with van der Waals surface area (Å²) in [4.78, 5) is 13.3. The van der Waals surface area contributed by atoms with E-state index in [0.29, 0.717) is 35.4 Å². The van der Waals surface area contributed by atoms with Crippen LogP contribution >= 0.6 is 0 Å². The van der Waals surface area contributed by atoms with Crippen molar-refractivity contribution in [1.82, 2.24) is 5.32 Å². The van der Waals surface area contributed by atoms with Gasteiger partial charge in [-0.1, -0.05) is 0 Å². The lowest BCUT2D eigenvalue weighted by atomic mass is 9.92. The highest BCUT2D eigenvalue weighted by molar-refractivity contribution is 6.09. The lowest BCUT2D eigenvalue weighted by Crippen LogP contribution is -2.35. The zero-order valence-corrected chi connectivity index (χ0v) is 15.1. The lowest BCUT2D eigenvalue weighted by Gasteiger charge is -2.35. The van der Waals surface area contributed by atoms with Crippen LogP contribution in [0.2, 0.25) is 0 Å². The van der Waals surface area contributed by atoms with E-state index in [4.69, 9.17) is 15.9 Å². The third-order valence-electron chi connectivity index (χ3n) is 5.05. The first-order chi connectivity index (χ1) is 12.4. The van der Waals surface area contributed by atoms with Gasteiger partial charge in [0, 0.05) is 53.9 Å². The summed E-state index contributed by atoms with van der Waals surface area (Å²) in [6, 6.07) is 4.55. The highest BCUT2D eigenvalue weighted by atomic mass is 19.1. The van der Waals surface area contributed by atoms with E-state index in [1.807, 2.05) is 19.2 Å². The van der Waals surface area contributed by atoms with Gasteiger partial charge in [-0.05, 0) is 44.7 Å². The van der Waals surface area contributed by atoms with Crippen molar-refractivity contribution >= 4 is 23.4 Å². The number of anilines is 1. The molecule has 2 atom stereocenters. The minimum absolute atomic E-state index is 0.292. The van der Waals surface area contributed by atoms with Crippen LogP contribution in [0.5, 0.6) is 5.75 Å². The molecule has 26 heavy (non-hydrogen) atoms. The molecular formula is C19H25FN4O2. The number of benzene rings is 1. The highest BCUT2D eigenvalue weighted by Gasteiger charge is 2.28. The average molecular weight is 360 g/mol. The van der Waals surface area contributed by atoms with Gasteiger partial charge >= 0.3 is 6.36 Å². The minimum atomic E-state index is -2.23. The molecule has 1 aromatic carbocycles. The van der Waals surface area contributed by atoms with Crippen molar-refractivity contribution in [2.75, 3.05) is 11.9 Å². The summed E-state index contributed by atoms with van der Waals surface area (Å²) >= 11 is 0. The Balaban J connectivity index is 2.06. The van der Waals surface area contributed by atoms with Crippen molar-refractivity contribution in [3.05, 3.63) is 29.5 Å². The van der Waals surface area contributed by atoms with Gasteiger partial charge in [-0.3, -0.25) is 4.79 Å². The second-order valence-corrected chi connectivity index (χ2v) is 6.96. The fraction of sp³-hybridized carbons (Fsp3) is 0.474. The number of hydrogen-bond donors (Lipinski definition) is 3. The first-order valence-corrected chi connectivity index (χ1v) is 8.88. The molecule has 140 valence electrons. The van der Waals surface area contributed by atoms with Crippen molar-refractivity contribution in [3.8, 4) is 5.75 Å². The summed E-state index contributed by atoms with van der Waals surface area (Å²) in [6.07, 6.45) is 4.53. The molecule has 2 unspecified atom stereocenters. The summed E-state index contributed by atoms with van der Waals surface area (Å²) in [7, 11) is 1.98. The molecule has 0 saturated heterocycles. The first-order valence-electron chi connectivity index (χ1n) is 8.88. The standard InChI is InChI=1S/C19H25FN4O2/c1-11-3-6-15-16(24(11)2)8-7-14(17(15)26-18(20)19(22)25)12(9-21)10-23-13-4-5-13/h7-11,13,18,21,23H,3-6H2,1-2H3,(H2,22,25)/b12-10+,21-9?. The van der Waals surface area contributed by atoms with Crippen LogP contribution in [0.1, 0.15) is 37.3 Å². The van der Waals surface area contributed by atoms with E-state index in [-0.39, 0.29) is 0 Å². The number of fused-ring (bicyclic) bond motifs is 1. The van der Waals surface area contributed by atoms with Gasteiger partial charge in [0.1, 0.15) is 5.75 Å². The van der Waals surface area contributed by atoms with Crippen LogP contribution in [-0.4, -0.2) is 37.6 Å². The molecule has 1 heterocycles. The quantitative estimate of drug-likeness (QED) is 0.651. The maximum Gasteiger partial charge on any atom is 0.316 e. The minimum Gasteiger partial charge on any atom is -0.451 e. The Bertz CT molecular complexity index is 745. The van der Waals surface area contributed by atoms with Crippen LogP contribution in [0.3, 0.4) is 0 Å². The third kappa shape index (κ3) is 3.66. The average Bonchev–Trinajstić information content (AvgIpc) is 3.44. The number of rotatable bonds is 7. The maximum atomic E-state index is 14.0. The molecule has 1 aliphatic heterocycles. The number of hydrogen-bond acceptors (Lipinski definition) is 5. The second-order valence-electron chi connectivity index (χ2n) is 6.96. The van der Waals surface area contributed by atoms with E-state index in [0.717, 1.165) is 30.5 Å². The molecule has 0 spiro atoms. The van der Waals surface area contributed by atoms with Gasteiger partial charge in [-0.25, -0.2) is 0 Å². The number of alkyl halides is 1. The van der Waals surface area contributed by atoms with Gasteiger partial charge in [0.2, 0.25) is 0 Å². The summed E-state index contributed by atoms with van der Waals surface area (Å²) in [5, 5.41) is 11.0. The number of ether oxygens (including phenoxy) is 1. The Morgan fingerprint density at radius 1 is 1.46 bits per heavy atom. The SMILES string of the molecule is CC1CCc2c(ccc(/C(C=N)=C/NC3CC3)c2OC(F)C(N)=O)N1C. The molecular weight excluding hydrogens is 335 g/mol. The van der Waals surface area contributed by atoms with E-state index in [1.54, 1.807) is 6.20 Å². The van der Waals surface area contributed by atoms with Crippen molar-refractivity contribution in [1.29, 1.82) is 5.41 Å². The van der Waals surface area contributed by atoms with Crippen LogP contribution in [0, 0.1) is 5.41 Å². The number of halogens is 1. The van der Waals surface area contributed by atoms with Crippen molar-refractivity contribution in [2.45, 2.75) is 51.0 Å². The first kappa shape index (κ1) is 18.2. The molecule has 3 rings (SSSR count). The van der Waals surface area contributed by atoms with Gasteiger partial charge in [0.05, 0.1) is 0 Å². The monoisotopic (exact) mass is 360 g/mol. The van der Waals surface area contributed by atoms with Crippen molar-refractivity contribution in [3.63, 3.8) is 0 Å². The molecule has 6 nitrogen and oxygen atoms in total. The Hall–Kier alpha value is -2.57. The summed E-state index contributed by atoms with van der Waals surface area (Å²) in [5.41, 5.74) is 7.99. The van der Waals surface area contributed by atoms with Crippen LogP contribution in [0.15, 0.2) is 18.3 Å². The van der Waals surface area contributed by atoms with Crippen LogP contribution in [0.4, 0.5) is 10.1 Å². The van der Waals surface area contributed by atoms with Crippen LogP contribution < -0.4 is 20.7 Å². The van der Waals surface area contributed by atoms with Crippen molar-refractivity contribution in [2.24, 2.45) is 5.73 Å². The lowest BCUT2D eigenvalue weighted by molar-refractivity contribution is -0.131. The van der Waals surface area contributed by atoms with E-state index in [9.17, 15) is 9.18 Å². The molecule has 0 bridgehead atoms. The van der Waals surface area contributed by atoms with Gasteiger partial charge in [0.15, 0.2) is 0 Å². The Labute approximate surface area is 152 Å². The highest BCUT2D eigenvalue weighted by Crippen LogP contribution is 2.41. The number of carbonyl (C=O) groups excluding carboxylic acids is 1. The summed E-state index contributed by atoms with van der Waals surface area (Å²) in [6.45, 7) is 2.13. The molecule has 1 amide bonds. The second kappa shape index (κ2) is 7.35. The number of nitrogens with zero attached hydrogens (tertiary/aromatic N) is 1. The predicted octanol–water partition coefficient (Wildman–Crippen LogP) is 2.36. The van der Waals surface area contributed by atoms with Gasteiger partial charge in [-0.2, -0.15) is 4.39 Å². The number of primary amides is 1. The fourth-order valence-corrected chi connectivity index (χ4v) is 3.15. The molecule has 2 aliphatic rings. The Morgan fingerprint density at radius 2 is 2.19 bits per heavy atom. The number of amides is 1. The molecule has 1 aliphatic carbocycles. The maximum absolute atomic E-state index is 14.0.